The maximum absolute atomic E-state index is 5.82. The molecule has 116 valence electrons. The first-order valence-corrected chi connectivity index (χ1v) is 7.29. The molecule has 0 aliphatic carbocycles. The number of hydrogen-bond acceptors (Lipinski definition) is 5. The highest BCUT2D eigenvalue weighted by atomic mass is 16.5. The van der Waals surface area contributed by atoms with Gasteiger partial charge in [0.25, 0.3) is 0 Å². The van der Waals surface area contributed by atoms with Crippen molar-refractivity contribution in [1.82, 2.24) is 15.0 Å². The predicted octanol–water partition coefficient (Wildman–Crippen LogP) is 3.26. The second kappa shape index (κ2) is 7.47. The first kappa shape index (κ1) is 15.1. The number of aromatic nitrogens is 3. The molecule has 0 atom stereocenters. The van der Waals surface area contributed by atoms with E-state index >= 15 is 0 Å². The molecule has 0 amide bonds. The van der Waals surface area contributed by atoms with E-state index in [2.05, 4.69) is 15.0 Å². The fraction of sp³-hybridized carbons (Fsp3) is 0.167. The van der Waals surface area contributed by atoms with Crippen molar-refractivity contribution in [1.29, 1.82) is 0 Å². The third-order valence-corrected chi connectivity index (χ3v) is 3.22. The second-order valence-electron chi connectivity index (χ2n) is 4.96. The Balaban J connectivity index is 1.85. The zero-order valence-electron chi connectivity index (χ0n) is 12.8. The first-order valence-electron chi connectivity index (χ1n) is 7.29. The van der Waals surface area contributed by atoms with Crippen LogP contribution in [0.1, 0.15) is 11.3 Å². The van der Waals surface area contributed by atoms with Gasteiger partial charge in [-0.05, 0) is 17.7 Å². The minimum absolute atomic E-state index is 0.405. The van der Waals surface area contributed by atoms with Crippen LogP contribution in [0, 0.1) is 0 Å². The Bertz CT molecular complexity index is 749. The molecular formula is C18H17N3O2. The Morgan fingerprint density at radius 2 is 1.70 bits per heavy atom. The molecule has 2 aromatic heterocycles. The highest BCUT2D eigenvalue weighted by Gasteiger charge is 2.08. The minimum atomic E-state index is 0.405. The molecule has 5 heteroatoms. The lowest BCUT2D eigenvalue weighted by Gasteiger charge is -2.09. The van der Waals surface area contributed by atoms with Crippen molar-refractivity contribution in [2.75, 3.05) is 7.11 Å². The summed E-state index contributed by atoms with van der Waals surface area (Å²) < 4.78 is 11.0. The van der Waals surface area contributed by atoms with Crippen molar-refractivity contribution in [2.24, 2.45) is 0 Å². The van der Waals surface area contributed by atoms with Crippen LogP contribution >= 0.6 is 0 Å². The van der Waals surface area contributed by atoms with Gasteiger partial charge in [0.2, 0.25) is 5.88 Å². The molecule has 1 aromatic carbocycles. The maximum atomic E-state index is 5.82. The molecule has 0 radical (unpaired) electrons. The number of methoxy groups -OCH3 is 1. The number of nitrogens with zero attached hydrogens (tertiary/aromatic N) is 3. The van der Waals surface area contributed by atoms with E-state index in [1.165, 1.54) is 0 Å². The molecule has 0 saturated heterocycles. The van der Waals surface area contributed by atoms with Gasteiger partial charge >= 0.3 is 0 Å². The highest BCUT2D eigenvalue weighted by Crippen LogP contribution is 2.19. The molecule has 3 rings (SSSR count). The molecule has 0 aliphatic heterocycles. The molecule has 0 aliphatic rings. The van der Waals surface area contributed by atoms with Gasteiger partial charge in [-0.3, -0.25) is 4.98 Å². The molecule has 0 fully saturated rings. The summed E-state index contributed by atoms with van der Waals surface area (Å²) in [7, 11) is 1.64. The van der Waals surface area contributed by atoms with Crippen molar-refractivity contribution in [3.63, 3.8) is 0 Å². The Morgan fingerprint density at radius 1 is 0.913 bits per heavy atom. The molecule has 0 saturated carbocycles. The van der Waals surface area contributed by atoms with Gasteiger partial charge in [-0.25, -0.2) is 4.98 Å². The average Bonchev–Trinajstić information content (AvgIpc) is 2.62. The summed E-state index contributed by atoms with van der Waals surface area (Å²) in [5.41, 5.74) is 2.75. The summed E-state index contributed by atoms with van der Waals surface area (Å²) in [6.07, 6.45) is 3.43. The average molecular weight is 307 g/mol. The van der Waals surface area contributed by atoms with Crippen LogP contribution in [0.4, 0.5) is 0 Å². The van der Waals surface area contributed by atoms with E-state index in [-0.39, 0.29) is 0 Å². The van der Waals surface area contributed by atoms with Crippen LogP contribution in [0.2, 0.25) is 0 Å². The van der Waals surface area contributed by atoms with Crippen molar-refractivity contribution in [3.05, 3.63) is 72.2 Å². The van der Waals surface area contributed by atoms with Crippen LogP contribution in [0.5, 0.6) is 5.88 Å². The van der Waals surface area contributed by atoms with Crippen LogP contribution in [0.15, 0.2) is 60.9 Å². The van der Waals surface area contributed by atoms with Crippen LogP contribution in [0.25, 0.3) is 11.4 Å². The van der Waals surface area contributed by atoms with E-state index in [9.17, 15) is 0 Å². The normalized spacial score (nSPS) is 10.5. The lowest BCUT2D eigenvalue weighted by atomic mass is 10.2. The largest absolute Gasteiger partial charge is 0.473 e. The smallest absolute Gasteiger partial charge is 0.217 e. The SMILES string of the molecule is COCc1cc(OCc2ccccc2)nc(-c2ccncc2)n1. The van der Waals surface area contributed by atoms with Gasteiger partial charge in [0.1, 0.15) is 6.61 Å². The number of ether oxygens (including phenoxy) is 2. The highest BCUT2D eigenvalue weighted by molar-refractivity contribution is 5.54. The Morgan fingerprint density at radius 3 is 2.43 bits per heavy atom. The van der Waals surface area contributed by atoms with E-state index in [1.807, 2.05) is 42.5 Å². The molecule has 0 N–H and O–H groups in total. The van der Waals surface area contributed by atoms with Gasteiger partial charge < -0.3 is 9.47 Å². The van der Waals surface area contributed by atoms with Crippen LogP contribution in [0.3, 0.4) is 0 Å². The van der Waals surface area contributed by atoms with E-state index in [0.717, 1.165) is 16.8 Å². The van der Waals surface area contributed by atoms with E-state index in [0.29, 0.717) is 24.9 Å². The third-order valence-electron chi connectivity index (χ3n) is 3.22. The van der Waals surface area contributed by atoms with Gasteiger partial charge in [0.05, 0.1) is 12.3 Å². The summed E-state index contributed by atoms with van der Waals surface area (Å²) >= 11 is 0. The van der Waals surface area contributed by atoms with E-state index < -0.39 is 0 Å². The summed E-state index contributed by atoms with van der Waals surface area (Å²) in [6.45, 7) is 0.863. The molecule has 23 heavy (non-hydrogen) atoms. The zero-order chi connectivity index (χ0) is 15.9. The predicted molar refractivity (Wildman–Crippen MR) is 86.8 cm³/mol. The fourth-order valence-electron chi connectivity index (χ4n) is 2.13. The van der Waals surface area contributed by atoms with Crippen LogP contribution in [-0.2, 0) is 18.0 Å². The monoisotopic (exact) mass is 307 g/mol. The molecule has 0 bridgehead atoms. The fourth-order valence-corrected chi connectivity index (χ4v) is 2.13. The van der Waals surface area contributed by atoms with Crippen molar-refractivity contribution < 1.29 is 9.47 Å². The molecule has 0 unspecified atom stereocenters. The standard InChI is InChI=1S/C18H17N3O2/c1-22-13-16-11-17(23-12-14-5-3-2-4-6-14)21-18(20-16)15-7-9-19-10-8-15/h2-11H,12-13H2,1H3. The Labute approximate surface area is 135 Å². The number of hydrogen-bond donors (Lipinski definition) is 0. The maximum Gasteiger partial charge on any atom is 0.217 e. The number of pyridine rings is 1. The quantitative estimate of drug-likeness (QED) is 0.699. The lowest BCUT2D eigenvalue weighted by Crippen LogP contribution is -2.03. The summed E-state index contributed by atoms with van der Waals surface area (Å²) in [6, 6.07) is 15.5. The van der Waals surface area contributed by atoms with Crippen molar-refractivity contribution in [3.8, 4) is 17.3 Å². The van der Waals surface area contributed by atoms with Crippen LogP contribution < -0.4 is 4.74 Å². The van der Waals surface area contributed by atoms with Crippen LogP contribution in [-0.4, -0.2) is 22.1 Å². The first-order chi connectivity index (χ1) is 11.3. The van der Waals surface area contributed by atoms with Gasteiger partial charge in [-0.2, -0.15) is 4.98 Å². The molecule has 5 nitrogen and oxygen atoms in total. The summed E-state index contributed by atoms with van der Waals surface area (Å²) in [5.74, 6) is 1.13. The number of benzene rings is 1. The van der Waals surface area contributed by atoms with E-state index in [4.69, 9.17) is 9.47 Å². The van der Waals surface area contributed by atoms with Crippen molar-refractivity contribution in [2.45, 2.75) is 13.2 Å². The Kier molecular flexibility index (Phi) is 4.91. The Hall–Kier alpha value is -2.79. The van der Waals surface area contributed by atoms with Crippen molar-refractivity contribution >= 4 is 0 Å². The van der Waals surface area contributed by atoms with Gasteiger partial charge in [0.15, 0.2) is 5.82 Å². The summed E-state index contributed by atoms with van der Waals surface area (Å²) in [4.78, 5) is 13.0. The molecular weight excluding hydrogens is 290 g/mol. The third kappa shape index (κ3) is 4.11. The number of rotatable bonds is 6. The minimum Gasteiger partial charge on any atom is -0.473 e. The topological polar surface area (TPSA) is 57.1 Å². The zero-order valence-corrected chi connectivity index (χ0v) is 12.8. The summed E-state index contributed by atoms with van der Waals surface area (Å²) in [5, 5.41) is 0. The molecule has 2 heterocycles. The van der Waals surface area contributed by atoms with Gasteiger partial charge in [0, 0.05) is 31.1 Å². The van der Waals surface area contributed by atoms with E-state index in [1.54, 1.807) is 25.6 Å². The second-order valence-corrected chi connectivity index (χ2v) is 4.96. The lowest BCUT2D eigenvalue weighted by molar-refractivity contribution is 0.180. The molecule has 0 spiro atoms. The van der Waals surface area contributed by atoms with Gasteiger partial charge in [-0.15, -0.1) is 0 Å². The molecule has 3 aromatic rings. The van der Waals surface area contributed by atoms with Gasteiger partial charge in [-0.1, -0.05) is 30.3 Å².